The van der Waals surface area contributed by atoms with Gasteiger partial charge in [0, 0.05) is 16.6 Å². The fraction of sp³-hybridized carbons (Fsp3) is 0.389. The maximum absolute atomic E-state index is 12.6. The maximum atomic E-state index is 12.6. The monoisotopic (exact) mass is 387 g/mol. The number of carbonyl (C=O) groups excluding carboxylic acids is 3. The van der Waals surface area contributed by atoms with Gasteiger partial charge < -0.3 is 10.6 Å². The van der Waals surface area contributed by atoms with Crippen LogP contribution in [-0.4, -0.2) is 44.4 Å². The van der Waals surface area contributed by atoms with E-state index in [0.717, 1.165) is 21.7 Å². The quantitative estimate of drug-likeness (QED) is 0.741. The van der Waals surface area contributed by atoms with Crippen molar-refractivity contribution < 1.29 is 14.4 Å². The molecule has 0 saturated carbocycles. The van der Waals surface area contributed by atoms with Gasteiger partial charge in [-0.25, -0.2) is 4.79 Å². The summed E-state index contributed by atoms with van der Waals surface area (Å²) in [5, 5.41) is 11.3. The number of benzene rings is 1. The highest BCUT2D eigenvalue weighted by Gasteiger charge is 2.49. The maximum Gasteiger partial charge on any atom is 0.325 e. The molecule has 9 heteroatoms. The molecule has 0 atom stereocenters. The van der Waals surface area contributed by atoms with Crippen molar-refractivity contribution in [3.8, 4) is 11.3 Å². The average molecular weight is 387 g/mol. The fourth-order valence-corrected chi connectivity index (χ4v) is 3.55. The van der Waals surface area contributed by atoms with Crippen molar-refractivity contribution in [2.45, 2.75) is 39.2 Å². The van der Waals surface area contributed by atoms with E-state index in [9.17, 15) is 14.4 Å². The zero-order valence-corrected chi connectivity index (χ0v) is 16.2. The second kappa shape index (κ2) is 7.43. The SMILES string of the molecule is CCC1(CC)NC(=O)N(CC(=O)Nc2cc(-c3csnn3)ccc2C)C1=O. The fourth-order valence-electron chi connectivity index (χ4n) is 3.09. The molecule has 27 heavy (non-hydrogen) atoms. The van der Waals surface area contributed by atoms with Crippen LogP contribution in [0.1, 0.15) is 32.3 Å². The Morgan fingerprint density at radius 2 is 2.04 bits per heavy atom. The van der Waals surface area contributed by atoms with Crippen molar-refractivity contribution in [3.05, 3.63) is 29.1 Å². The Kier molecular flexibility index (Phi) is 5.22. The van der Waals surface area contributed by atoms with Gasteiger partial charge in [0.1, 0.15) is 17.8 Å². The Hall–Kier alpha value is -2.81. The zero-order valence-electron chi connectivity index (χ0n) is 15.4. The van der Waals surface area contributed by atoms with Crippen LogP contribution >= 0.6 is 11.5 Å². The second-order valence-corrected chi connectivity index (χ2v) is 7.09. The van der Waals surface area contributed by atoms with Crippen molar-refractivity contribution in [3.63, 3.8) is 0 Å². The highest BCUT2D eigenvalue weighted by atomic mass is 32.1. The number of carbonyl (C=O) groups is 3. The summed E-state index contributed by atoms with van der Waals surface area (Å²) < 4.78 is 3.84. The number of imide groups is 1. The normalized spacial score (nSPS) is 15.7. The predicted octanol–water partition coefficient (Wildman–Crippen LogP) is 2.56. The van der Waals surface area contributed by atoms with Gasteiger partial charge in [0.05, 0.1) is 0 Å². The Balaban J connectivity index is 1.74. The molecule has 0 spiro atoms. The van der Waals surface area contributed by atoms with Crippen LogP contribution in [0.25, 0.3) is 11.3 Å². The third-order valence-electron chi connectivity index (χ3n) is 4.92. The highest BCUT2D eigenvalue weighted by molar-refractivity contribution is 7.03. The molecule has 1 aromatic heterocycles. The lowest BCUT2D eigenvalue weighted by molar-refractivity contribution is -0.134. The Labute approximate surface area is 161 Å². The van der Waals surface area contributed by atoms with Crippen molar-refractivity contribution in [2.75, 3.05) is 11.9 Å². The van der Waals surface area contributed by atoms with Crippen LogP contribution < -0.4 is 10.6 Å². The molecule has 2 aromatic rings. The summed E-state index contributed by atoms with van der Waals surface area (Å²) in [5.74, 6) is -0.787. The molecule has 1 aliphatic rings. The summed E-state index contributed by atoms with van der Waals surface area (Å²) in [6.45, 7) is 5.22. The minimum atomic E-state index is -0.912. The molecule has 0 aliphatic carbocycles. The number of rotatable bonds is 6. The van der Waals surface area contributed by atoms with E-state index in [0.29, 0.717) is 18.5 Å². The summed E-state index contributed by atoms with van der Waals surface area (Å²) in [6.07, 6.45) is 0.962. The molecule has 1 aliphatic heterocycles. The van der Waals surface area contributed by atoms with E-state index in [-0.39, 0.29) is 12.5 Å². The first kappa shape index (κ1) is 19.0. The molecule has 8 nitrogen and oxygen atoms in total. The zero-order chi connectivity index (χ0) is 19.6. The summed E-state index contributed by atoms with van der Waals surface area (Å²) >= 11 is 1.25. The van der Waals surface area contributed by atoms with E-state index < -0.39 is 17.5 Å². The molecular weight excluding hydrogens is 366 g/mol. The summed E-state index contributed by atoms with van der Waals surface area (Å²) in [7, 11) is 0. The molecule has 0 radical (unpaired) electrons. The first-order valence-electron chi connectivity index (χ1n) is 8.72. The van der Waals surface area contributed by atoms with Gasteiger partial charge in [-0.2, -0.15) is 0 Å². The molecule has 2 N–H and O–H groups in total. The van der Waals surface area contributed by atoms with Crippen LogP contribution in [0.5, 0.6) is 0 Å². The smallest absolute Gasteiger partial charge is 0.324 e. The molecule has 0 bridgehead atoms. The predicted molar refractivity (Wildman–Crippen MR) is 102 cm³/mol. The van der Waals surface area contributed by atoms with E-state index in [1.165, 1.54) is 11.5 Å². The number of nitrogens with one attached hydrogen (secondary N) is 2. The second-order valence-electron chi connectivity index (χ2n) is 6.48. The van der Waals surface area contributed by atoms with E-state index in [1.54, 1.807) is 6.07 Å². The van der Waals surface area contributed by atoms with Gasteiger partial charge >= 0.3 is 6.03 Å². The van der Waals surface area contributed by atoms with Gasteiger partial charge in [0.15, 0.2) is 0 Å². The van der Waals surface area contributed by atoms with Crippen LogP contribution in [0.15, 0.2) is 23.6 Å². The number of anilines is 1. The highest BCUT2D eigenvalue weighted by Crippen LogP contribution is 2.26. The molecule has 0 unspecified atom stereocenters. The van der Waals surface area contributed by atoms with Gasteiger partial charge in [0.2, 0.25) is 5.91 Å². The van der Waals surface area contributed by atoms with Gasteiger partial charge in [-0.1, -0.05) is 30.5 Å². The van der Waals surface area contributed by atoms with Gasteiger partial charge in [0.25, 0.3) is 5.91 Å². The lowest BCUT2D eigenvalue weighted by Crippen LogP contribution is -2.46. The Morgan fingerprint density at radius 1 is 1.30 bits per heavy atom. The minimum Gasteiger partial charge on any atom is -0.324 e. The van der Waals surface area contributed by atoms with E-state index in [4.69, 9.17) is 0 Å². The lowest BCUT2D eigenvalue weighted by atomic mass is 9.93. The molecule has 1 aromatic carbocycles. The molecule has 1 fully saturated rings. The largest absolute Gasteiger partial charge is 0.325 e. The number of urea groups is 1. The molecule has 1 saturated heterocycles. The number of hydrogen-bond donors (Lipinski definition) is 2. The molecule has 142 valence electrons. The summed E-state index contributed by atoms with van der Waals surface area (Å²) in [6, 6.07) is 5.05. The van der Waals surface area contributed by atoms with Gasteiger partial charge in [-0.3, -0.25) is 14.5 Å². The molecule has 4 amide bonds. The summed E-state index contributed by atoms with van der Waals surface area (Å²) in [5.41, 5.74) is 2.11. The number of nitrogens with zero attached hydrogens (tertiary/aromatic N) is 3. The van der Waals surface area contributed by atoms with Crippen molar-refractivity contribution in [2.24, 2.45) is 0 Å². The average Bonchev–Trinajstić information content (AvgIpc) is 3.27. The van der Waals surface area contributed by atoms with Crippen molar-refractivity contribution in [1.82, 2.24) is 19.8 Å². The van der Waals surface area contributed by atoms with E-state index >= 15 is 0 Å². The van der Waals surface area contributed by atoms with E-state index in [1.807, 2.05) is 38.3 Å². The number of aryl methyl sites for hydroxylation is 1. The number of aromatic nitrogens is 2. The number of hydrogen-bond acceptors (Lipinski definition) is 6. The standard InChI is InChI=1S/C18H21N5O3S/c1-4-18(5-2)16(25)23(17(26)20-18)9-15(24)19-13-8-12(7-6-11(13)3)14-10-27-22-21-14/h6-8,10H,4-5,9H2,1-3H3,(H,19,24)(H,20,26). The third kappa shape index (κ3) is 3.55. The van der Waals surface area contributed by atoms with Gasteiger partial charge in [-0.15, -0.1) is 5.10 Å². The molecule has 2 heterocycles. The first-order valence-corrected chi connectivity index (χ1v) is 9.56. The lowest BCUT2D eigenvalue weighted by Gasteiger charge is -2.23. The first-order chi connectivity index (χ1) is 12.9. The van der Waals surface area contributed by atoms with Crippen molar-refractivity contribution >= 4 is 35.1 Å². The van der Waals surface area contributed by atoms with Gasteiger partial charge in [-0.05, 0) is 42.9 Å². The molecular formula is C18H21N5O3S. The Bertz CT molecular complexity index is 877. The van der Waals surface area contributed by atoms with Crippen LogP contribution in [0, 0.1) is 6.92 Å². The van der Waals surface area contributed by atoms with Crippen molar-refractivity contribution in [1.29, 1.82) is 0 Å². The third-order valence-corrected chi connectivity index (χ3v) is 5.43. The number of amides is 4. The Morgan fingerprint density at radius 3 is 2.63 bits per heavy atom. The van der Waals surface area contributed by atoms with Crippen LogP contribution in [0.4, 0.5) is 10.5 Å². The minimum absolute atomic E-state index is 0.325. The van der Waals surface area contributed by atoms with E-state index in [2.05, 4.69) is 20.2 Å². The van der Waals surface area contributed by atoms with Crippen LogP contribution in [-0.2, 0) is 9.59 Å². The van der Waals surface area contributed by atoms with Crippen LogP contribution in [0.3, 0.4) is 0 Å². The van der Waals surface area contributed by atoms with Crippen LogP contribution in [0.2, 0.25) is 0 Å². The molecule has 3 rings (SSSR count). The summed E-state index contributed by atoms with van der Waals surface area (Å²) in [4.78, 5) is 38.3. The topological polar surface area (TPSA) is 104 Å².